The maximum Gasteiger partial charge on any atom is 0.262 e. The van der Waals surface area contributed by atoms with Crippen LogP contribution in [0.3, 0.4) is 0 Å². The Bertz CT molecular complexity index is 1400. The van der Waals surface area contributed by atoms with Gasteiger partial charge in [0.15, 0.2) is 5.76 Å². The van der Waals surface area contributed by atoms with Gasteiger partial charge in [0.05, 0.1) is 34.7 Å². The quantitative estimate of drug-likeness (QED) is 0.461. The maximum atomic E-state index is 12.4. The number of aromatic nitrogens is 6. The van der Waals surface area contributed by atoms with Crippen molar-refractivity contribution in [3.8, 4) is 22.8 Å². The lowest BCUT2D eigenvalue weighted by atomic mass is 9.98. The molecule has 1 atom stereocenters. The molecular weight excluding hydrogens is 436 g/mol. The average Bonchev–Trinajstić information content (AvgIpc) is 3.64. The predicted molar refractivity (Wildman–Crippen MR) is 121 cm³/mol. The number of likely N-dealkylation sites (tertiary alicyclic amines) is 1. The molecule has 0 spiro atoms. The second-order valence-electron chi connectivity index (χ2n) is 8.54. The van der Waals surface area contributed by atoms with Crippen LogP contribution >= 0.6 is 0 Å². The summed E-state index contributed by atoms with van der Waals surface area (Å²) in [5.41, 5.74) is 2.61. The Morgan fingerprint density at radius 2 is 1.94 bits per heavy atom. The summed E-state index contributed by atoms with van der Waals surface area (Å²) in [5, 5.41) is 22.5. The minimum absolute atomic E-state index is 0.117. The van der Waals surface area contributed by atoms with E-state index in [0.717, 1.165) is 30.8 Å². The summed E-state index contributed by atoms with van der Waals surface area (Å²) in [6.07, 6.45) is 5.78. The number of carbonyl (C=O) groups excluding carboxylic acids is 1. The highest BCUT2D eigenvalue weighted by Crippen LogP contribution is 2.34. The van der Waals surface area contributed by atoms with Crippen molar-refractivity contribution in [1.29, 1.82) is 0 Å². The van der Waals surface area contributed by atoms with E-state index in [1.54, 1.807) is 37.6 Å². The largest absolute Gasteiger partial charge is 0.373 e. The Labute approximate surface area is 194 Å². The van der Waals surface area contributed by atoms with E-state index in [4.69, 9.17) is 4.52 Å². The summed E-state index contributed by atoms with van der Waals surface area (Å²) in [4.78, 5) is 27.5. The van der Waals surface area contributed by atoms with Crippen molar-refractivity contribution in [2.75, 3.05) is 18.9 Å². The van der Waals surface area contributed by atoms with Crippen LogP contribution in [0.1, 0.15) is 24.3 Å². The van der Waals surface area contributed by atoms with Crippen LogP contribution in [0.25, 0.3) is 22.8 Å². The minimum atomic E-state index is -1.70. The van der Waals surface area contributed by atoms with Crippen molar-refractivity contribution < 1.29 is 14.4 Å². The van der Waals surface area contributed by atoms with Crippen LogP contribution in [-0.2, 0) is 23.4 Å². The smallest absolute Gasteiger partial charge is 0.262 e. The highest BCUT2D eigenvalue weighted by molar-refractivity contribution is 5.87. The molecule has 11 nitrogen and oxygen atoms in total. The van der Waals surface area contributed by atoms with Crippen LogP contribution in [0, 0.1) is 0 Å². The van der Waals surface area contributed by atoms with Gasteiger partial charge in [0, 0.05) is 38.8 Å². The lowest BCUT2D eigenvalue weighted by Gasteiger charge is -2.16. The molecule has 6 heterocycles. The van der Waals surface area contributed by atoms with Gasteiger partial charge < -0.3 is 19.8 Å². The number of nitrogens with one attached hydrogen (secondary N) is 1. The van der Waals surface area contributed by atoms with E-state index >= 15 is 0 Å². The van der Waals surface area contributed by atoms with Crippen LogP contribution in [0.4, 0.5) is 11.6 Å². The van der Waals surface area contributed by atoms with Gasteiger partial charge in [0.1, 0.15) is 5.69 Å². The highest BCUT2D eigenvalue weighted by Gasteiger charge is 2.48. The first-order valence-corrected chi connectivity index (χ1v) is 11.1. The van der Waals surface area contributed by atoms with E-state index < -0.39 is 11.5 Å². The molecule has 2 aliphatic rings. The van der Waals surface area contributed by atoms with Crippen molar-refractivity contribution in [3.63, 3.8) is 0 Å². The summed E-state index contributed by atoms with van der Waals surface area (Å²) >= 11 is 0. The fourth-order valence-corrected chi connectivity index (χ4v) is 4.44. The first-order valence-electron chi connectivity index (χ1n) is 11.1. The molecule has 4 aromatic rings. The van der Waals surface area contributed by atoms with Gasteiger partial charge in [-0.05, 0) is 31.0 Å². The predicted octanol–water partition coefficient (Wildman–Crippen LogP) is 2.13. The Morgan fingerprint density at radius 1 is 1.12 bits per heavy atom. The molecule has 2 aliphatic heterocycles. The second-order valence-corrected chi connectivity index (χ2v) is 8.54. The lowest BCUT2D eigenvalue weighted by molar-refractivity contribution is -0.144. The number of amides is 1. The molecule has 1 fully saturated rings. The minimum Gasteiger partial charge on any atom is -0.373 e. The molecule has 2 N–H and O–H groups in total. The maximum absolute atomic E-state index is 12.4. The number of hydrogen-bond donors (Lipinski definition) is 2. The van der Waals surface area contributed by atoms with Crippen LogP contribution in [0.5, 0.6) is 0 Å². The van der Waals surface area contributed by atoms with E-state index in [-0.39, 0.29) is 12.2 Å². The van der Waals surface area contributed by atoms with Crippen molar-refractivity contribution in [3.05, 3.63) is 54.2 Å². The summed E-state index contributed by atoms with van der Waals surface area (Å²) in [6, 6.07) is 8.82. The van der Waals surface area contributed by atoms with Crippen LogP contribution in [0.2, 0.25) is 0 Å². The van der Waals surface area contributed by atoms with Gasteiger partial charge in [0.25, 0.3) is 5.91 Å². The van der Waals surface area contributed by atoms with Gasteiger partial charge in [-0.1, -0.05) is 11.2 Å². The van der Waals surface area contributed by atoms with Gasteiger partial charge in [0.2, 0.25) is 11.5 Å². The van der Waals surface area contributed by atoms with E-state index in [2.05, 4.69) is 30.5 Å². The Kier molecular flexibility index (Phi) is 4.66. The molecule has 1 saturated heterocycles. The van der Waals surface area contributed by atoms with Gasteiger partial charge in [-0.2, -0.15) is 5.10 Å². The van der Waals surface area contributed by atoms with Gasteiger partial charge in [-0.25, -0.2) is 15.0 Å². The number of aryl methyl sites for hydroxylation is 1. The fraction of sp³-hybridized carbons (Fsp3) is 0.304. The molecule has 6 rings (SSSR count). The molecule has 0 aliphatic carbocycles. The van der Waals surface area contributed by atoms with E-state index in [1.807, 2.05) is 16.8 Å². The zero-order valence-electron chi connectivity index (χ0n) is 18.5. The Morgan fingerprint density at radius 3 is 2.76 bits per heavy atom. The van der Waals surface area contributed by atoms with Crippen LogP contribution < -0.4 is 5.32 Å². The van der Waals surface area contributed by atoms with E-state index in [0.29, 0.717) is 35.3 Å². The Hall–Kier alpha value is -4.12. The molecule has 34 heavy (non-hydrogen) atoms. The first kappa shape index (κ1) is 20.5. The molecule has 4 aromatic heterocycles. The SMILES string of the molecule is CN1CCC(O)(c2cc(-c3cccc(-c4ccnc(Nc5cnn6c5CCC6)n4)n3)no2)C1=O. The number of nitrogens with zero attached hydrogens (tertiary/aromatic N) is 7. The number of rotatable bonds is 5. The zero-order valence-corrected chi connectivity index (χ0v) is 18.5. The number of fused-ring (bicyclic) bond motifs is 1. The molecule has 0 radical (unpaired) electrons. The Balaban J connectivity index is 1.27. The van der Waals surface area contributed by atoms with Gasteiger partial charge >= 0.3 is 0 Å². The molecule has 11 heteroatoms. The monoisotopic (exact) mass is 458 g/mol. The number of likely N-dealkylation sites (N-methyl/N-ethyl adjacent to an activating group) is 1. The third-order valence-electron chi connectivity index (χ3n) is 6.34. The number of carbonyl (C=O) groups is 1. The molecule has 0 saturated carbocycles. The van der Waals surface area contributed by atoms with Crippen LogP contribution in [0.15, 0.2) is 47.2 Å². The second kappa shape index (κ2) is 7.73. The summed E-state index contributed by atoms with van der Waals surface area (Å²) in [5.74, 6) is 0.176. The lowest BCUT2D eigenvalue weighted by Crippen LogP contribution is -2.35. The zero-order chi connectivity index (χ0) is 23.3. The van der Waals surface area contributed by atoms with Crippen molar-refractivity contribution in [1.82, 2.24) is 34.8 Å². The topological polar surface area (TPSA) is 135 Å². The van der Waals surface area contributed by atoms with Crippen molar-refractivity contribution >= 4 is 17.5 Å². The average molecular weight is 458 g/mol. The molecule has 0 bridgehead atoms. The summed E-state index contributed by atoms with van der Waals surface area (Å²) in [6.45, 7) is 1.38. The number of hydrogen-bond acceptors (Lipinski definition) is 9. The third kappa shape index (κ3) is 3.32. The third-order valence-corrected chi connectivity index (χ3v) is 6.34. The number of anilines is 2. The molecule has 1 unspecified atom stereocenters. The highest BCUT2D eigenvalue weighted by atomic mass is 16.5. The molecular formula is C23H22N8O3. The number of pyridine rings is 1. The molecule has 0 aromatic carbocycles. The molecule has 1 amide bonds. The number of aliphatic hydroxyl groups is 1. The van der Waals surface area contributed by atoms with E-state index in [1.165, 1.54) is 4.90 Å². The van der Waals surface area contributed by atoms with Gasteiger partial charge in [-0.3, -0.25) is 9.48 Å². The van der Waals surface area contributed by atoms with Gasteiger partial charge in [-0.15, -0.1) is 0 Å². The summed E-state index contributed by atoms with van der Waals surface area (Å²) < 4.78 is 7.35. The normalized spacial score (nSPS) is 19.6. The fourth-order valence-electron chi connectivity index (χ4n) is 4.44. The standard InChI is InChI=1S/C23H22N8O3/c1-30-11-8-23(33,21(30)32)20-12-17(29-34-20)15-5-2-4-14(26-15)16-7-9-24-22(27-16)28-18-13-25-31-10-3-6-19(18)31/h2,4-5,7,9,12-13,33H,3,6,8,10-11H2,1H3,(H,24,27,28). The molecule has 172 valence electrons. The first-order chi connectivity index (χ1) is 16.5. The van der Waals surface area contributed by atoms with Crippen molar-refractivity contribution in [2.24, 2.45) is 0 Å². The van der Waals surface area contributed by atoms with Crippen molar-refractivity contribution in [2.45, 2.75) is 31.4 Å². The van der Waals surface area contributed by atoms with E-state index in [9.17, 15) is 9.90 Å². The summed E-state index contributed by atoms with van der Waals surface area (Å²) in [7, 11) is 1.65. The van der Waals surface area contributed by atoms with Crippen LogP contribution in [-0.4, -0.2) is 59.4 Å².